The topological polar surface area (TPSA) is 62.7 Å². The first-order valence-corrected chi connectivity index (χ1v) is 7.94. The van der Waals surface area contributed by atoms with Crippen LogP contribution in [0.4, 0.5) is 4.79 Å². The largest absolute Gasteiger partial charge is 0.443 e. The molecule has 2 amide bonds. The maximum atomic E-state index is 12.5. The van der Waals surface area contributed by atoms with Gasteiger partial charge in [-0.15, -0.1) is 0 Å². The lowest BCUT2D eigenvalue weighted by atomic mass is 10.2. The maximum absolute atomic E-state index is 12.5. The second-order valence-corrected chi connectivity index (χ2v) is 5.70. The van der Waals surface area contributed by atoms with Gasteiger partial charge in [0.15, 0.2) is 0 Å². The highest BCUT2D eigenvalue weighted by molar-refractivity contribution is 6.29. The summed E-state index contributed by atoms with van der Waals surface area (Å²) in [5.41, 5.74) is 1.27. The van der Waals surface area contributed by atoms with Crippen LogP contribution in [0.2, 0.25) is 5.15 Å². The zero-order chi connectivity index (χ0) is 16.9. The average molecular weight is 346 g/mol. The Morgan fingerprint density at radius 2 is 1.83 bits per heavy atom. The van der Waals surface area contributed by atoms with Gasteiger partial charge in [-0.25, -0.2) is 19.8 Å². The Morgan fingerprint density at radius 3 is 2.54 bits per heavy atom. The molecule has 0 bridgehead atoms. The molecule has 0 unspecified atom stereocenters. The van der Waals surface area contributed by atoms with Crippen LogP contribution in [-0.2, 0) is 11.3 Å². The highest BCUT2D eigenvalue weighted by Gasteiger charge is 2.32. The third-order valence-electron chi connectivity index (χ3n) is 3.66. The van der Waals surface area contributed by atoms with Crippen LogP contribution in [-0.4, -0.2) is 40.1 Å². The van der Waals surface area contributed by atoms with Crippen molar-refractivity contribution in [1.82, 2.24) is 15.0 Å². The van der Waals surface area contributed by atoms with Gasteiger partial charge in [0.25, 0.3) is 5.91 Å². The molecule has 0 atom stereocenters. The molecule has 3 rings (SSSR count). The Hall–Kier alpha value is -2.60. The molecule has 2 heterocycles. The number of halogens is 1. The first-order chi connectivity index (χ1) is 11.6. The number of hydrazine groups is 1. The minimum atomic E-state index is -0.536. The van der Waals surface area contributed by atoms with E-state index in [9.17, 15) is 9.59 Å². The number of nitrogens with zero attached hydrogens (tertiary/aromatic N) is 3. The quantitative estimate of drug-likeness (QED) is 0.802. The Balaban J connectivity index is 1.65. The number of hydrogen-bond donors (Lipinski definition) is 0. The van der Waals surface area contributed by atoms with E-state index in [1.165, 1.54) is 16.2 Å². The van der Waals surface area contributed by atoms with Crippen LogP contribution in [0.15, 0.2) is 48.7 Å². The molecule has 1 aromatic heterocycles. The van der Waals surface area contributed by atoms with E-state index in [1.54, 1.807) is 12.1 Å². The number of pyridine rings is 1. The van der Waals surface area contributed by atoms with Crippen LogP contribution in [0.3, 0.4) is 0 Å². The van der Waals surface area contributed by atoms with Crippen LogP contribution in [0.25, 0.3) is 0 Å². The lowest BCUT2D eigenvalue weighted by molar-refractivity contribution is 0.0110. The van der Waals surface area contributed by atoms with E-state index in [0.29, 0.717) is 30.2 Å². The van der Waals surface area contributed by atoms with Crippen molar-refractivity contribution < 1.29 is 14.3 Å². The molecule has 1 aliphatic heterocycles. The van der Waals surface area contributed by atoms with Crippen LogP contribution >= 0.6 is 11.6 Å². The summed E-state index contributed by atoms with van der Waals surface area (Å²) in [6.45, 7) is 1.07. The van der Waals surface area contributed by atoms with E-state index in [0.717, 1.165) is 5.56 Å². The standard InChI is InChI=1S/C17H16ClN3O3/c18-15-8-7-14(11-19-15)16(22)20-9-4-10-21(20)17(23)24-12-13-5-2-1-3-6-13/h1-3,5-8,11H,4,9-10,12H2. The second-order valence-electron chi connectivity index (χ2n) is 5.31. The number of benzene rings is 1. The number of carbonyl (C=O) groups excluding carboxylic acids is 2. The first-order valence-electron chi connectivity index (χ1n) is 7.57. The smallest absolute Gasteiger partial charge is 0.429 e. The summed E-state index contributed by atoms with van der Waals surface area (Å²) in [5, 5.41) is 3.03. The summed E-state index contributed by atoms with van der Waals surface area (Å²) in [4.78, 5) is 28.7. The predicted molar refractivity (Wildman–Crippen MR) is 88.2 cm³/mol. The summed E-state index contributed by atoms with van der Waals surface area (Å²) >= 11 is 5.73. The molecule has 1 aromatic carbocycles. The number of amides is 2. The van der Waals surface area contributed by atoms with Gasteiger partial charge in [0.2, 0.25) is 0 Å². The summed E-state index contributed by atoms with van der Waals surface area (Å²) in [5.74, 6) is -0.298. The molecule has 0 aliphatic carbocycles. The van der Waals surface area contributed by atoms with E-state index in [4.69, 9.17) is 16.3 Å². The summed E-state index contributed by atoms with van der Waals surface area (Å²) in [6.07, 6.45) is 1.57. The van der Waals surface area contributed by atoms with Gasteiger partial charge < -0.3 is 4.74 Å². The average Bonchev–Trinajstić information content (AvgIpc) is 3.10. The molecule has 124 valence electrons. The Morgan fingerprint density at radius 1 is 1.08 bits per heavy atom. The SMILES string of the molecule is O=C(OCc1ccccc1)N1CCCN1C(=O)c1ccc(Cl)nc1. The molecule has 0 N–H and O–H groups in total. The van der Waals surface area contributed by atoms with Crippen molar-refractivity contribution >= 4 is 23.6 Å². The highest BCUT2D eigenvalue weighted by atomic mass is 35.5. The maximum Gasteiger partial charge on any atom is 0.429 e. The fraction of sp³-hybridized carbons (Fsp3) is 0.235. The summed E-state index contributed by atoms with van der Waals surface area (Å²) < 4.78 is 5.30. The lowest BCUT2D eigenvalue weighted by Gasteiger charge is -2.27. The van der Waals surface area contributed by atoms with Gasteiger partial charge in [0.05, 0.1) is 5.56 Å². The van der Waals surface area contributed by atoms with Crippen LogP contribution in [0.5, 0.6) is 0 Å². The fourth-order valence-electron chi connectivity index (χ4n) is 2.46. The molecule has 1 aliphatic rings. The molecule has 0 radical (unpaired) electrons. The minimum Gasteiger partial charge on any atom is -0.443 e. The van der Waals surface area contributed by atoms with Crippen LogP contribution in [0.1, 0.15) is 22.3 Å². The van der Waals surface area contributed by atoms with Crippen molar-refractivity contribution in [1.29, 1.82) is 0 Å². The van der Waals surface area contributed by atoms with E-state index in [2.05, 4.69) is 4.98 Å². The molecule has 7 heteroatoms. The first kappa shape index (κ1) is 16.3. The van der Waals surface area contributed by atoms with Crippen molar-refractivity contribution in [2.45, 2.75) is 13.0 Å². The zero-order valence-corrected chi connectivity index (χ0v) is 13.6. The Kier molecular flexibility index (Phi) is 4.96. The molecular weight excluding hydrogens is 330 g/mol. The van der Waals surface area contributed by atoms with Gasteiger partial charge in [-0.3, -0.25) is 4.79 Å². The molecule has 0 spiro atoms. The van der Waals surface area contributed by atoms with Crippen molar-refractivity contribution in [3.63, 3.8) is 0 Å². The second kappa shape index (κ2) is 7.31. The van der Waals surface area contributed by atoms with E-state index < -0.39 is 6.09 Å². The number of aromatic nitrogens is 1. The summed E-state index contributed by atoms with van der Waals surface area (Å²) in [7, 11) is 0. The molecule has 24 heavy (non-hydrogen) atoms. The van der Waals surface area contributed by atoms with Crippen molar-refractivity contribution in [2.24, 2.45) is 0 Å². The molecular formula is C17H16ClN3O3. The molecule has 1 saturated heterocycles. The molecule has 0 saturated carbocycles. The van der Waals surface area contributed by atoms with Crippen molar-refractivity contribution in [3.05, 3.63) is 64.9 Å². The van der Waals surface area contributed by atoms with E-state index >= 15 is 0 Å². The molecule has 6 nitrogen and oxygen atoms in total. The molecule has 1 fully saturated rings. The number of hydrogen-bond acceptors (Lipinski definition) is 4. The van der Waals surface area contributed by atoms with Crippen molar-refractivity contribution in [3.8, 4) is 0 Å². The number of rotatable bonds is 3. The van der Waals surface area contributed by atoms with Gasteiger partial charge >= 0.3 is 6.09 Å². The van der Waals surface area contributed by atoms with Gasteiger partial charge in [-0.1, -0.05) is 41.9 Å². The lowest BCUT2D eigenvalue weighted by Crippen LogP contribution is -2.45. The highest BCUT2D eigenvalue weighted by Crippen LogP contribution is 2.17. The minimum absolute atomic E-state index is 0.167. The van der Waals surface area contributed by atoms with E-state index in [1.807, 2.05) is 30.3 Å². The van der Waals surface area contributed by atoms with Gasteiger partial charge in [0, 0.05) is 19.3 Å². The van der Waals surface area contributed by atoms with Crippen molar-refractivity contribution in [2.75, 3.05) is 13.1 Å². The number of carbonyl (C=O) groups is 2. The zero-order valence-electron chi connectivity index (χ0n) is 12.9. The fourth-order valence-corrected chi connectivity index (χ4v) is 2.57. The van der Waals surface area contributed by atoms with Crippen LogP contribution in [0, 0.1) is 0 Å². The van der Waals surface area contributed by atoms with E-state index in [-0.39, 0.29) is 12.5 Å². The predicted octanol–water partition coefficient (Wildman–Crippen LogP) is 3.13. The Labute approximate surface area is 144 Å². The third-order valence-corrected chi connectivity index (χ3v) is 3.88. The monoisotopic (exact) mass is 345 g/mol. The van der Waals surface area contributed by atoms with Gasteiger partial charge in [0.1, 0.15) is 11.8 Å². The summed E-state index contributed by atoms with van der Waals surface area (Å²) in [6, 6.07) is 12.5. The molecule has 2 aromatic rings. The Bertz CT molecular complexity index is 722. The van der Waals surface area contributed by atoms with Crippen LogP contribution < -0.4 is 0 Å². The normalized spacial score (nSPS) is 13.9. The van der Waals surface area contributed by atoms with Gasteiger partial charge in [-0.05, 0) is 24.1 Å². The third kappa shape index (κ3) is 3.65. The number of ether oxygens (including phenoxy) is 1. The van der Waals surface area contributed by atoms with Gasteiger partial charge in [-0.2, -0.15) is 0 Å².